The summed E-state index contributed by atoms with van der Waals surface area (Å²) >= 11 is 0. The van der Waals surface area contributed by atoms with E-state index in [0.717, 1.165) is 31.7 Å². The van der Waals surface area contributed by atoms with Gasteiger partial charge >= 0.3 is 0 Å². The quantitative estimate of drug-likeness (QED) is 0.568. The highest BCUT2D eigenvalue weighted by atomic mass is 32.2. The average Bonchev–Trinajstić information content (AvgIpc) is 3.27. The van der Waals surface area contributed by atoms with Crippen molar-refractivity contribution < 1.29 is 8.42 Å². The standard InChI is InChI=1S/C14H29N3O2S/c1-3-13(11-12-5-6-12)16-20(18,19)17(2)10-4-9-15-14-7-8-14/h12-16H,3-11H2,1-2H3. The fourth-order valence-electron chi connectivity index (χ4n) is 2.37. The molecule has 118 valence electrons. The van der Waals surface area contributed by atoms with Crippen molar-refractivity contribution in [1.29, 1.82) is 0 Å². The fraction of sp³-hybridized carbons (Fsp3) is 1.00. The van der Waals surface area contributed by atoms with Gasteiger partial charge in [0, 0.05) is 25.7 Å². The van der Waals surface area contributed by atoms with Crippen LogP contribution in [0.4, 0.5) is 0 Å². The highest BCUT2D eigenvalue weighted by molar-refractivity contribution is 7.87. The number of nitrogens with one attached hydrogen (secondary N) is 2. The normalized spacial score (nSPS) is 21.4. The van der Waals surface area contributed by atoms with Crippen LogP contribution in [-0.2, 0) is 10.2 Å². The van der Waals surface area contributed by atoms with Crippen LogP contribution in [0.2, 0.25) is 0 Å². The van der Waals surface area contributed by atoms with Gasteiger partial charge in [-0.05, 0) is 44.6 Å². The van der Waals surface area contributed by atoms with Gasteiger partial charge in [0.1, 0.15) is 0 Å². The Hall–Kier alpha value is -0.170. The topological polar surface area (TPSA) is 61.4 Å². The smallest absolute Gasteiger partial charge is 0.279 e. The van der Waals surface area contributed by atoms with E-state index in [9.17, 15) is 8.42 Å². The van der Waals surface area contributed by atoms with E-state index in [-0.39, 0.29) is 6.04 Å². The van der Waals surface area contributed by atoms with Gasteiger partial charge in [0.15, 0.2) is 0 Å². The fourth-order valence-corrected chi connectivity index (χ4v) is 3.60. The molecule has 0 aromatic rings. The molecule has 0 aliphatic heterocycles. The number of nitrogens with zero attached hydrogens (tertiary/aromatic N) is 1. The van der Waals surface area contributed by atoms with Crippen molar-refractivity contribution in [2.24, 2.45) is 5.92 Å². The molecule has 5 nitrogen and oxygen atoms in total. The number of rotatable bonds is 11. The zero-order valence-corrected chi connectivity index (χ0v) is 13.6. The Balaban J connectivity index is 1.68. The van der Waals surface area contributed by atoms with Gasteiger partial charge in [0.25, 0.3) is 10.2 Å². The van der Waals surface area contributed by atoms with E-state index in [1.165, 1.54) is 30.0 Å². The molecule has 2 rings (SSSR count). The predicted molar refractivity (Wildman–Crippen MR) is 81.7 cm³/mol. The zero-order valence-electron chi connectivity index (χ0n) is 12.8. The second kappa shape index (κ2) is 7.20. The molecule has 0 aromatic carbocycles. The summed E-state index contributed by atoms with van der Waals surface area (Å²) in [5, 5.41) is 3.41. The van der Waals surface area contributed by atoms with E-state index in [1.807, 2.05) is 0 Å². The summed E-state index contributed by atoms with van der Waals surface area (Å²) in [6.07, 6.45) is 7.80. The third kappa shape index (κ3) is 5.68. The van der Waals surface area contributed by atoms with Crippen molar-refractivity contribution in [2.75, 3.05) is 20.1 Å². The molecule has 2 saturated carbocycles. The maximum absolute atomic E-state index is 12.2. The van der Waals surface area contributed by atoms with Gasteiger partial charge in [0.05, 0.1) is 0 Å². The summed E-state index contributed by atoms with van der Waals surface area (Å²) in [4.78, 5) is 0. The summed E-state index contributed by atoms with van der Waals surface area (Å²) in [6, 6.07) is 0.789. The van der Waals surface area contributed by atoms with Crippen LogP contribution in [0.3, 0.4) is 0 Å². The van der Waals surface area contributed by atoms with E-state index < -0.39 is 10.2 Å². The van der Waals surface area contributed by atoms with Gasteiger partial charge in [-0.25, -0.2) is 0 Å². The van der Waals surface area contributed by atoms with Gasteiger partial charge in [-0.2, -0.15) is 17.4 Å². The molecular formula is C14H29N3O2S. The van der Waals surface area contributed by atoms with Crippen molar-refractivity contribution in [3.8, 4) is 0 Å². The summed E-state index contributed by atoms with van der Waals surface area (Å²) in [7, 11) is -1.65. The number of hydrogen-bond acceptors (Lipinski definition) is 3. The van der Waals surface area contributed by atoms with Gasteiger partial charge in [0.2, 0.25) is 0 Å². The minimum atomic E-state index is -3.32. The molecular weight excluding hydrogens is 274 g/mol. The Morgan fingerprint density at radius 2 is 1.95 bits per heavy atom. The minimum Gasteiger partial charge on any atom is -0.314 e. The van der Waals surface area contributed by atoms with Crippen LogP contribution >= 0.6 is 0 Å². The lowest BCUT2D eigenvalue weighted by molar-refractivity contribution is 0.422. The Morgan fingerprint density at radius 1 is 1.25 bits per heavy atom. The van der Waals surface area contributed by atoms with Gasteiger partial charge < -0.3 is 5.32 Å². The van der Waals surface area contributed by atoms with Crippen LogP contribution in [0.15, 0.2) is 0 Å². The molecule has 6 heteroatoms. The van der Waals surface area contributed by atoms with Crippen LogP contribution in [0.25, 0.3) is 0 Å². The molecule has 2 fully saturated rings. The van der Waals surface area contributed by atoms with Gasteiger partial charge in [-0.15, -0.1) is 0 Å². The van der Waals surface area contributed by atoms with Crippen LogP contribution in [0, 0.1) is 5.92 Å². The summed E-state index contributed by atoms with van der Waals surface area (Å²) in [5.41, 5.74) is 0. The summed E-state index contributed by atoms with van der Waals surface area (Å²) < 4.78 is 28.8. The molecule has 0 heterocycles. The lowest BCUT2D eigenvalue weighted by Gasteiger charge is -2.22. The Bertz CT molecular complexity index is 391. The molecule has 20 heavy (non-hydrogen) atoms. The second-order valence-corrected chi connectivity index (χ2v) is 8.12. The van der Waals surface area contributed by atoms with Crippen LogP contribution in [0.5, 0.6) is 0 Å². The monoisotopic (exact) mass is 303 g/mol. The maximum atomic E-state index is 12.2. The lowest BCUT2D eigenvalue weighted by Crippen LogP contribution is -2.44. The summed E-state index contributed by atoms with van der Waals surface area (Å²) in [5.74, 6) is 0.746. The first-order valence-corrected chi connectivity index (χ1v) is 9.42. The van der Waals surface area contributed by atoms with Crippen molar-refractivity contribution in [3.05, 3.63) is 0 Å². The van der Waals surface area contributed by atoms with Gasteiger partial charge in [-0.1, -0.05) is 19.8 Å². The number of hydrogen-bond donors (Lipinski definition) is 2. The molecule has 1 unspecified atom stereocenters. The van der Waals surface area contributed by atoms with Crippen molar-refractivity contribution in [2.45, 2.75) is 64.0 Å². The highest BCUT2D eigenvalue weighted by Gasteiger charge is 2.28. The van der Waals surface area contributed by atoms with E-state index in [1.54, 1.807) is 7.05 Å². The SMILES string of the molecule is CCC(CC1CC1)NS(=O)(=O)N(C)CCCNC1CC1. The largest absolute Gasteiger partial charge is 0.314 e. The Labute approximate surface area is 123 Å². The third-order valence-corrected chi connectivity index (χ3v) is 5.83. The maximum Gasteiger partial charge on any atom is 0.279 e. The first-order valence-electron chi connectivity index (χ1n) is 7.98. The first kappa shape index (κ1) is 16.2. The van der Waals surface area contributed by atoms with Crippen molar-refractivity contribution >= 4 is 10.2 Å². The second-order valence-electron chi connectivity index (χ2n) is 6.31. The van der Waals surface area contributed by atoms with Crippen molar-refractivity contribution in [3.63, 3.8) is 0 Å². The molecule has 2 aliphatic carbocycles. The van der Waals surface area contributed by atoms with E-state index in [4.69, 9.17) is 0 Å². The molecule has 0 aromatic heterocycles. The van der Waals surface area contributed by atoms with Crippen LogP contribution < -0.4 is 10.0 Å². The lowest BCUT2D eigenvalue weighted by atomic mass is 10.1. The zero-order chi connectivity index (χ0) is 14.6. The molecule has 2 N–H and O–H groups in total. The molecule has 0 saturated heterocycles. The molecule has 0 amide bonds. The first-order chi connectivity index (χ1) is 9.51. The summed E-state index contributed by atoms with van der Waals surface area (Å²) in [6.45, 7) is 3.54. The average molecular weight is 303 g/mol. The molecule has 0 bridgehead atoms. The molecule has 1 atom stereocenters. The highest BCUT2D eigenvalue weighted by Crippen LogP contribution is 2.34. The minimum absolute atomic E-state index is 0.0968. The van der Waals surface area contributed by atoms with E-state index in [0.29, 0.717) is 12.6 Å². The van der Waals surface area contributed by atoms with Crippen molar-refractivity contribution in [1.82, 2.24) is 14.3 Å². The van der Waals surface area contributed by atoms with E-state index in [2.05, 4.69) is 17.0 Å². The molecule has 2 aliphatic rings. The Morgan fingerprint density at radius 3 is 2.50 bits per heavy atom. The Kier molecular flexibility index (Phi) is 5.84. The van der Waals surface area contributed by atoms with E-state index >= 15 is 0 Å². The van der Waals surface area contributed by atoms with Crippen LogP contribution in [-0.4, -0.2) is 44.9 Å². The molecule has 0 spiro atoms. The predicted octanol–water partition coefficient (Wildman–Crippen LogP) is 1.47. The molecule has 0 radical (unpaired) electrons. The third-order valence-electron chi connectivity index (χ3n) is 4.19. The van der Waals surface area contributed by atoms with Crippen LogP contribution in [0.1, 0.15) is 51.9 Å². The van der Waals surface area contributed by atoms with Gasteiger partial charge in [-0.3, -0.25) is 0 Å².